The van der Waals surface area contributed by atoms with Gasteiger partial charge in [-0.1, -0.05) is 45.9 Å². The Hall–Kier alpha value is -3.02. The smallest absolute Gasteiger partial charge is 0.342 e. The maximum absolute atomic E-state index is 12.5. The standard InChI is InChI=1S/C23H29NO5/c1-14(2)17-8-7-9-18(15(3)4)22(17)24-21(25)13-29-23(26)19-11-10-16(27-5)12-20(19)28-6/h7-12,14-15H,13H2,1-6H3,(H,24,25). The monoisotopic (exact) mass is 399 g/mol. The molecule has 29 heavy (non-hydrogen) atoms. The fraction of sp³-hybridized carbons (Fsp3) is 0.391. The second-order valence-electron chi connectivity index (χ2n) is 7.31. The molecule has 2 aromatic carbocycles. The maximum atomic E-state index is 12.5. The van der Waals surface area contributed by atoms with Crippen LogP contribution in [0.4, 0.5) is 5.69 Å². The minimum Gasteiger partial charge on any atom is -0.497 e. The van der Waals surface area contributed by atoms with Crippen LogP contribution in [0.2, 0.25) is 0 Å². The average Bonchev–Trinajstić information content (AvgIpc) is 2.71. The summed E-state index contributed by atoms with van der Waals surface area (Å²) in [6, 6.07) is 10.8. The van der Waals surface area contributed by atoms with E-state index in [0.717, 1.165) is 16.8 Å². The third kappa shape index (κ3) is 5.50. The van der Waals surface area contributed by atoms with Crippen molar-refractivity contribution < 1.29 is 23.8 Å². The van der Waals surface area contributed by atoms with E-state index in [1.165, 1.54) is 14.2 Å². The van der Waals surface area contributed by atoms with Crippen LogP contribution in [0.3, 0.4) is 0 Å². The molecule has 1 N–H and O–H groups in total. The number of benzene rings is 2. The number of hydrogen-bond acceptors (Lipinski definition) is 5. The Morgan fingerprint density at radius 3 is 2.07 bits per heavy atom. The predicted molar refractivity (Wildman–Crippen MR) is 113 cm³/mol. The third-order valence-electron chi connectivity index (χ3n) is 4.60. The minimum atomic E-state index is -0.638. The Balaban J connectivity index is 2.12. The van der Waals surface area contributed by atoms with Crippen LogP contribution in [-0.4, -0.2) is 32.7 Å². The van der Waals surface area contributed by atoms with Gasteiger partial charge in [0.2, 0.25) is 0 Å². The molecule has 2 aromatic rings. The molecule has 156 valence electrons. The molecule has 0 aliphatic heterocycles. The highest BCUT2D eigenvalue weighted by molar-refractivity contribution is 5.97. The molecule has 0 saturated carbocycles. The Kier molecular flexibility index (Phi) is 7.65. The average molecular weight is 399 g/mol. The van der Waals surface area contributed by atoms with Gasteiger partial charge in [-0.15, -0.1) is 0 Å². The fourth-order valence-corrected chi connectivity index (χ4v) is 3.05. The van der Waals surface area contributed by atoms with Crippen LogP contribution >= 0.6 is 0 Å². The van der Waals surface area contributed by atoms with Gasteiger partial charge in [-0.05, 0) is 35.1 Å². The van der Waals surface area contributed by atoms with E-state index in [0.29, 0.717) is 11.5 Å². The first-order chi connectivity index (χ1) is 13.8. The number of carbonyl (C=O) groups excluding carboxylic acids is 2. The Morgan fingerprint density at radius 1 is 0.931 bits per heavy atom. The van der Waals surface area contributed by atoms with Gasteiger partial charge in [-0.3, -0.25) is 4.79 Å². The molecule has 0 aromatic heterocycles. The molecule has 6 heteroatoms. The Bertz CT molecular complexity index is 847. The number of esters is 1. The summed E-state index contributed by atoms with van der Waals surface area (Å²) < 4.78 is 15.5. The van der Waals surface area contributed by atoms with Gasteiger partial charge in [0.1, 0.15) is 17.1 Å². The van der Waals surface area contributed by atoms with Gasteiger partial charge in [0.15, 0.2) is 6.61 Å². The van der Waals surface area contributed by atoms with Crippen molar-refractivity contribution in [1.29, 1.82) is 0 Å². The van der Waals surface area contributed by atoms with Crippen molar-refractivity contribution in [2.75, 3.05) is 26.1 Å². The van der Waals surface area contributed by atoms with Crippen molar-refractivity contribution in [3.63, 3.8) is 0 Å². The van der Waals surface area contributed by atoms with E-state index in [1.807, 2.05) is 18.2 Å². The molecule has 0 spiro atoms. The summed E-state index contributed by atoms with van der Waals surface area (Å²) in [5.74, 6) is 0.344. The number of carbonyl (C=O) groups is 2. The second-order valence-corrected chi connectivity index (χ2v) is 7.31. The number of methoxy groups -OCH3 is 2. The second kappa shape index (κ2) is 9.96. The fourth-order valence-electron chi connectivity index (χ4n) is 3.05. The zero-order chi connectivity index (χ0) is 21.6. The van der Waals surface area contributed by atoms with Gasteiger partial charge in [0.05, 0.1) is 14.2 Å². The summed E-state index contributed by atoms with van der Waals surface area (Å²) in [4.78, 5) is 24.9. The first-order valence-corrected chi connectivity index (χ1v) is 9.60. The summed E-state index contributed by atoms with van der Waals surface area (Å²) >= 11 is 0. The molecule has 0 unspecified atom stereocenters. The topological polar surface area (TPSA) is 73.9 Å². The highest BCUT2D eigenvalue weighted by atomic mass is 16.5. The molecule has 1 amide bonds. The lowest BCUT2D eigenvalue weighted by atomic mass is 9.92. The van der Waals surface area contributed by atoms with Crippen LogP contribution in [0.5, 0.6) is 11.5 Å². The van der Waals surface area contributed by atoms with E-state index in [1.54, 1.807) is 18.2 Å². The highest BCUT2D eigenvalue weighted by Crippen LogP contribution is 2.32. The van der Waals surface area contributed by atoms with E-state index in [2.05, 4.69) is 33.0 Å². The van der Waals surface area contributed by atoms with Crippen LogP contribution in [0.25, 0.3) is 0 Å². The molecule has 0 bridgehead atoms. The van der Waals surface area contributed by atoms with Crippen LogP contribution in [0.1, 0.15) is 61.0 Å². The molecule has 0 aliphatic rings. The summed E-state index contributed by atoms with van der Waals surface area (Å²) in [6.45, 7) is 7.91. The van der Waals surface area contributed by atoms with Crippen molar-refractivity contribution in [1.82, 2.24) is 0 Å². The third-order valence-corrected chi connectivity index (χ3v) is 4.60. The Labute approximate surface area is 172 Å². The maximum Gasteiger partial charge on any atom is 0.342 e. The molecule has 0 heterocycles. The minimum absolute atomic E-state index is 0.228. The lowest BCUT2D eigenvalue weighted by Crippen LogP contribution is -2.23. The molecular formula is C23H29NO5. The number of amides is 1. The van der Waals surface area contributed by atoms with E-state index < -0.39 is 12.6 Å². The van der Waals surface area contributed by atoms with Crippen molar-refractivity contribution >= 4 is 17.6 Å². The summed E-state index contributed by atoms with van der Waals surface area (Å²) in [7, 11) is 2.98. The molecule has 0 atom stereocenters. The largest absolute Gasteiger partial charge is 0.497 e. The molecule has 0 fully saturated rings. The van der Waals surface area contributed by atoms with Crippen molar-refractivity contribution in [3.8, 4) is 11.5 Å². The number of rotatable bonds is 8. The van der Waals surface area contributed by atoms with Crippen LogP contribution in [0, 0.1) is 0 Å². The highest BCUT2D eigenvalue weighted by Gasteiger charge is 2.19. The van der Waals surface area contributed by atoms with E-state index in [-0.39, 0.29) is 23.3 Å². The first kappa shape index (κ1) is 22.3. The number of hydrogen-bond donors (Lipinski definition) is 1. The quantitative estimate of drug-likeness (QED) is 0.649. The summed E-state index contributed by atoms with van der Waals surface area (Å²) in [6.07, 6.45) is 0. The zero-order valence-corrected chi connectivity index (χ0v) is 17.9. The Morgan fingerprint density at radius 2 is 1.55 bits per heavy atom. The number of para-hydroxylation sites is 1. The molecule has 0 radical (unpaired) electrons. The van der Waals surface area contributed by atoms with Crippen molar-refractivity contribution in [3.05, 3.63) is 53.1 Å². The van der Waals surface area contributed by atoms with Gasteiger partial charge in [-0.25, -0.2) is 4.79 Å². The van der Waals surface area contributed by atoms with Gasteiger partial charge in [0, 0.05) is 11.8 Å². The molecule has 0 aliphatic carbocycles. The number of nitrogens with one attached hydrogen (secondary N) is 1. The normalized spacial score (nSPS) is 10.8. The molecule has 0 saturated heterocycles. The van der Waals surface area contributed by atoms with Gasteiger partial charge >= 0.3 is 5.97 Å². The molecule has 6 nitrogen and oxygen atoms in total. The summed E-state index contributed by atoms with van der Waals surface area (Å²) in [5.41, 5.74) is 3.12. The van der Waals surface area contributed by atoms with Gasteiger partial charge < -0.3 is 19.5 Å². The van der Waals surface area contributed by atoms with Gasteiger partial charge in [0.25, 0.3) is 5.91 Å². The zero-order valence-electron chi connectivity index (χ0n) is 17.9. The van der Waals surface area contributed by atoms with E-state index in [9.17, 15) is 9.59 Å². The van der Waals surface area contributed by atoms with Crippen LogP contribution in [-0.2, 0) is 9.53 Å². The molecule has 2 rings (SSSR count). The molecular weight excluding hydrogens is 370 g/mol. The number of ether oxygens (including phenoxy) is 3. The lowest BCUT2D eigenvalue weighted by molar-refractivity contribution is -0.119. The van der Waals surface area contributed by atoms with E-state index in [4.69, 9.17) is 14.2 Å². The first-order valence-electron chi connectivity index (χ1n) is 9.60. The predicted octanol–water partition coefficient (Wildman–Crippen LogP) is 4.75. The van der Waals surface area contributed by atoms with Crippen molar-refractivity contribution in [2.24, 2.45) is 0 Å². The number of anilines is 1. The summed E-state index contributed by atoms with van der Waals surface area (Å²) in [5, 5.41) is 2.93. The van der Waals surface area contributed by atoms with Crippen LogP contribution in [0.15, 0.2) is 36.4 Å². The van der Waals surface area contributed by atoms with Crippen LogP contribution < -0.4 is 14.8 Å². The SMILES string of the molecule is COc1ccc(C(=O)OCC(=O)Nc2c(C(C)C)cccc2C(C)C)c(OC)c1. The lowest BCUT2D eigenvalue weighted by Gasteiger charge is -2.20. The van der Waals surface area contributed by atoms with E-state index >= 15 is 0 Å². The van der Waals surface area contributed by atoms with Crippen molar-refractivity contribution in [2.45, 2.75) is 39.5 Å². The van der Waals surface area contributed by atoms with Gasteiger partial charge in [-0.2, -0.15) is 0 Å².